The molecule has 0 saturated carbocycles. The van der Waals surface area contributed by atoms with E-state index in [0.717, 1.165) is 30.9 Å². The minimum atomic E-state index is 0.193. The maximum atomic E-state index is 5.76. The zero-order chi connectivity index (χ0) is 13.9. The summed E-state index contributed by atoms with van der Waals surface area (Å²) >= 11 is 5.76. The number of nitrogens with one attached hydrogen (secondary N) is 1. The minimum Gasteiger partial charge on any atom is -0.369 e. The molecule has 104 valence electrons. The van der Waals surface area contributed by atoms with Crippen LogP contribution in [-0.2, 0) is 0 Å². The summed E-state index contributed by atoms with van der Waals surface area (Å²) in [7, 11) is 0. The van der Waals surface area contributed by atoms with Crippen molar-refractivity contribution in [2.24, 2.45) is 5.41 Å². The van der Waals surface area contributed by atoms with Crippen LogP contribution in [0.25, 0.3) is 5.78 Å². The monoisotopic (exact) mass is 281 g/mol. The molecule has 0 unspecified atom stereocenters. The van der Waals surface area contributed by atoms with Gasteiger partial charge >= 0.3 is 0 Å². The highest BCUT2D eigenvalue weighted by Gasteiger charge is 2.17. The molecule has 2 heterocycles. The normalized spacial score (nSPS) is 12.0. The lowest BCUT2D eigenvalue weighted by atomic mass is 9.88. The standard InChI is InChI=1S/C13H20ClN5/c1-10-7-11(19-12(18-10)16-9-17-19)15-8-13(2,3)5-4-6-14/h7,9,15H,4-6,8H2,1-3H3. The fourth-order valence-electron chi connectivity index (χ4n) is 2.02. The van der Waals surface area contributed by atoms with Gasteiger partial charge < -0.3 is 5.32 Å². The number of hydrogen-bond donors (Lipinski definition) is 1. The Morgan fingerprint density at radius 3 is 2.95 bits per heavy atom. The number of halogens is 1. The van der Waals surface area contributed by atoms with E-state index in [2.05, 4.69) is 34.2 Å². The zero-order valence-corrected chi connectivity index (χ0v) is 12.4. The summed E-state index contributed by atoms with van der Waals surface area (Å²) in [6.07, 6.45) is 3.64. The molecule has 6 heteroatoms. The van der Waals surface area contributed by atoms with Crippen LogP contribution < -0.4 is 5.32 Å². The molecule has 2 aromatic heterocycles. The maximum absolute atomic E-state index is 5.76. The molecule has 0 aliphatic rings. The molecule has 0 spiro atoms. The van der Waals surface area contributed by atoms with Crippen LogP contribution in [0.1, 0.15) is 32.4 Å². The van der Waals surface area contributed by atoms with E-state index in [1.807, 2.05) is 13.0 Å². The third kappa shape index (κ3) is 3.56. The largest absolute Gasteiger partial charge is 0.369 e. The van der Waals surface area contributed by atoms with Crippen molar-refractivity contribution in [2.45, 2.75) is 33.6 Å². The molecule has 2 aromatic rings. The van der Waals surface area contributed by atoms with E-state index in [1.54, 1.807) is 4.52 Å². The Balaban J connectivity index is 2.11. The smallest absolute Gasteiger partial charge is 0.254 e. The van der Waals surface area contributed by atoms with Crippen LogP contribution in [-0.4, -0.2) is 32.0 Å². The summed E-state index contributed by atoms with van der Waals surface area (Å²) < 4.78 is 1.73. The van der Waals surface area contributed by atoms with E-state index in [-0.39, 0.29) is 5.41 Å². The number of alkyl halides is 1. The summed E-state index contributed by atoms with van der Waals surface area (Å²) in [5, 5.41) is 7.62. The van der Waals surface area contributed by atoms with Crippen molar-refractivity contribution in [2.75, 3.05) is 17.7 Å². The summed E-state index contributed by atoms with van der Waals surface area (Å²) in [6.45, 7) is 7.29. The van der Waals surface area contributed by atoms with Crippen molar-refractivity contribution in [3.63, 3.8) is 0 Å². The number of hydrogen-bond acceptors (Lipinski definition) is 4. The average Bonchev–Trinajstić information content (AvgIpc) is 2.81. The van der Waals surface area contributed by atoms with Gasteiger partial charge in [-0.15, -0.1) is 11.6 Å². The number of anilines is 1. The van der Waals surface area contributed by atoms with E-state index in [0.29, 0.717) is 11.7 Å². The third-order valence-corrected chi connectivity index (χ3v) is 3.38. The van der Waals surface area contributed by atoms with Gasteiger partial charge in [-0.05, 0) is 25.2 Å². The van der Waals surface area contributed by atoms with Crippen molar-refractivity contribution in [1.82, 2.24) is 19.6 Å². The second kappa shape index (κ2) is 5.74. The Hall–Kier alpha value is -1.36. The number of fused-ring (bicyclic) bond motifs is 1. The second-order valence-electron chi connectivity index (χ2n) is 5.56. The summed E-state index contributed by atoms with van der Waals surface area (Å²) in [5.41, 5.74) is 1.13. The average molecular weight is 282 g/mol. The van der Waals surface area contributed by atoms with Gasteiger partial charge in [0.2, 0.25) is 0 Å². The molecule has 0 fully saturated rings. The Kier molecular flexibility index (Phi) is 4.24. The van der Waals surface area contributed by atoms with Crippen molar-refractivity contribution in [1.29, 1.82) is 0 Å². The Bertz CT molecular complexity index is 549. The van der Waals surface area contributed by atoms with E-state index in [9.17, 15) is 0 Å². The predicted octanol–water partition coefficient (Wildman–Crippen LogP) is 2.89. The molecule has 0 radical (unpaired) electrons. The number of aromatic nitrogens is 4. The molecule has 19 heavy (non-hydrogen) atoms. The molecule has 0 atom stereocenters. The van der Waals surface area contributed by atoms with E-state index in [4.69, 9.17) is 11.6 Å². The second-order valence-corrected chi connectivity index (χ2v) is 5.94. The molecule has 0 amide bonds. The highest BCUT2D eigenvalue weighted by Crippen LogP contribution is 2.23. The molecule has 1 N–H and O–H groups in total. The van der Waals surface area contributed by atoms with Gasteiger partial charge in [-0.3, -0.25) is 0 Å². The number of nitrogens with zero attached hydrogens (tertiary/aromatic N) is 4. The van der Waals surface area contributed by atoms with Crippen molar-refractivity contribution >= 4 is 23.2 Å². The molecular formula is C13H20ClN5. The van der Waals surface area contributed by atoms with Crippen LogP contribution in [0.5, 0.6) is 0 Å². The highest BCUT2D eigenvalue weighted by atomic mass is 35.5. The van der Waals surface area contributed by atoms with Crippen molar-refractivity contribution < 1.29 is 0 Å². The SMILES string of the molecule is Cc1cc(NCC(C)(C)CCCCl)n2ncnc2n1. The van der Waals surface area contributed by atoms with Gasteiger partial charge in [-0.25, -0.2) is 4.98 Å². The molecule has 0 aliphatic heterocycles. The molecule has 0 aliphatic carbocycles. The Morgan fingerprint density at radius 1 is 1.42 bits per heavy atom. The Morgan fingerprint density at radius 2 is 2.21 bits per heavy atom. The fraction of sp³-hybridized carbons (Fsp3) is 0.615. The van der Waals surface area contributed by atoms with Gasteiger partial charge in [-0.2, -0.15) is 14.6 Å². The molecule has 0 bridgehead atoms. The summed E-state index contributed by atoms with van der Waals surface area (Å²) in [6, 6.07) is 1.99. The van der Waals surface area contributed by atoms with E-state index >= 15 is 0 Å². The van der Waals surface area contributed by atoms with Crippen molar-refractivity contribution in [3.05, 3.63) is 18.1 Å². The fourth-order valence-corrected chi connectivity index (χ4v) is 2.15. The summed E-state index contributed by atoms with van der Waals surface area (Å²) in [4.78, 5) is 8.44. The molecular weight excluding hydrogens is 262 g/mol. The zero-order valence-electron chi connectivity index (χ0n) is 11.6. The van der Waals surface area contributed by atoms with Gasteiger partial charge in [0, 0.05) is 24.2 Å². The first-order valence-corrected chi connectivity index (χ1v) is 7.02. The van der Waals surface area contributed by atoms with Crippen LogP contribution in [0.3, 0.4) is 0 Å². The predicted molar refractivity (Wildman–Crippen MR) is 77.7 cm³/mol. The van der Waals surface area contributed by atoms with E-state index < -0.39 is 0 Å². The first-order chi connectivity index (χ1) is 9.02. The van der Waals surface area contributed by atoms with Crippen molar-refractivity contribution in [3.8, 4) is 0 Å². The van der Waals surface area contributed by atoms with Crippen LogP contribution in [0.4, 0.5) is 5.82 Å². The topological polar surface area (TPSA) is 55.1 Å². The lowest BCUT2D eigenvalue weighted by Gasteiger charge is -2.25. The molecule has 0 saturated heterocycles. The lowest BCUT2D eigenvalue weighted by molar-refractivity contribution is 0.355. The third-order valence-electron chi connectivity index (χ3n) is 3.12. The first kappa shape index (κ1) is 14.1. The van der Waals surface area contributed by atoms with Gasteiger partial charge in [0.15, 0.2) is 0 Å². The first-order valence-electron chi connectivity index (χ1n) is 6.49. The van der Waals surface area contributed by atoms with Gasteiger partial charge in [0.25, 0.3) is 5.78 Å². The molecule has 0 aromatic carbocycles. The lowest BCUT2D eigenvalue weighted by Crippen LogP contribution is -2.24. The summed E-state index contributed by atoms with van der Waals surface area (Å²) in [5.74, 6) is 2.27. The minimum absolute atomic E-state index is 0.193. The van der Waals surface area contributed by atoms with Crippen LogP contribution in [0.15, 0.2) is 12.4 Å². The molecule has 5 nitrogen and oxygen atoms in total. The molecule has 2 rings (SSSR count). The van der Waals surface area contributed by atoms with Crippen LogP contribution in [0.2, 0.25) is 0 Å². The maximum Gasteiger partial charge on any atom is 0.254 e. The van der Waals surface area contributed by atoms with Gasteiger partial charge in [0.05, 0.1) is 0 Å². The highest BCUT2D eigenvalue weighted by molar-refractivity contribution is 6.17. The quantitative estimate of drug-likeness (QED) is 0.827. The Labute approximate surface area is 118 Å². The number of rotatable bonds is 6. The van der Waals surface area contributed by atoms with Gasteiger partial charge in [-0.1, -0.05) is 13.8 Å². The van der Waals surface area contributed by atoms with Crippen LogP contribution >= 0.6 is 11.6 Å². The number of aryl methyl sites for hydroxylation is 1. The van der Waals surface area contributed by atoms with E-state index in [1.165, 1.54) is 6.33 Å². The van der Waals surface area contributed by atoms with Crippen LogP contribution in [0, 0.1) is 12.3 Å². The van der Waals surface area contributed by atoms with Gasteiger partial charge in [0.1, 0.15) is 12.1 Å².